The van der Waals surface area contributed by atoms with Crippen molar-refractivity contribution in [1.82, 2.24) is 0 Å². The van der Waals surface area contributed by atoms with Gasteiger partial charge in [0.1, 0.15) is 0 Å². The topological polar surface area (TPSA) is 0 Å². The molecule has 0 bridgehead atoms. The fourth-order valence-corrected chi connectivity index (χ4v) is 6.13. The summed E-state index contributed by atoms with van der Waals surface area (Å²) in [5.74, 6) is 0.552. The Morgan fingerprint density at radius 3 is 2.05 bits per heavy atom. The van der Waals surface area contributed by atoms with Gasteiger partial charge < -0.3 is 24.8 Å². The first-order valence-electron chi connectivity index (χ1n) is 13.1. The molecule has 0 aromatic heterocycles. The summed E-state index contributed by atoms with van der Waals surface area (Å²) in [4.78, 5) is 0. The van der Waals surface area contributed by atoms with E-state index in [-0.39, 0.29) is 30.2 Å². The summed E-state index contributed by atoms with van der Waals surface area (Å²) in [6.45, 7) is 9.18. The van der Waals surface area contributed by atoms with E-state index in [1.165, 1.54) is 76.9 Å². The van der Waals surface area contributed by atoms with E-state index < -0.39 is 0 Å². The van der Waals surface area contributed by atoms with Crippen molar-refractivity contribution in [3.05, 3.63) is 153 Å². The second-order valence-electron chi connectivity index (χ2n) is 10.5. The molecule has 3 aromatic rings. The summed E-state index contributed by atoms with van der Waals surface area (Å²) in [7, 11) is 0. The van der Waals surface area contributed by atoms with Gasteiger partial charge in [-0.2, -0.15) is 0 Å². The van der Waals surface area contributed by atoms with Crippen molar-refractivity contribution in [2.45, 2.75) is 34.1 Å². The van der Waals surface area contributed by atoms with Crippen LogP contribution in [0.4, 0.5) is 0 Å². The van der Waals surface area contributed by atoms with Crippen LogP contribution in [-0.2, 0) is 24.2 Å². The Kier molecular flexibility index (Phi) is 10.7. The standard InChI is InChI=1S/C23H23.C13H10.2ClH.Zr/c1-15(2)23(4)12-11-20-19-10-9-16(3)13-18(19)14-21(20)22(23)17-7-5-6-8-17;1-3-7-12(8-4-1)11-13-9-5-2-6-10-13;;;/h5-7,9-13,15H,8H2,1-4H3;1-10H;2*1H;/q-1;;;;+2/p-2. The number of rotatable bonds is 4. The number of allylic oxidation sites excluding steroid dienone is 8. The number of fused-ring (bicyclic) bond motifs is 2. The van der Waals surface area contributed by atoms with E-state index in [1.807, 2.05) is 0 Å². The minimum atomic E-state index is 0. The van der Waals surface area contributed by atoms with Crippen LogP contribution in [-0.4, -0.2) is 3.21 Å². The van der Waals surface area contributed by atoms with E-state index in [0.717, 1.165) is 6.42 Å². The van der Waals surface area contributed by atoms with Gasteiger partial charge in [-0.25, -0.2) is 0 Å². The molecule has 0 heterocycles. The van der Waals surface area contributed by atoms with Gasteiger partial charge in [-0.3, -0.25) is 0 Å². The van der Waals surface area contributed by atoms with Crippen LogP contribution in [0.3, 0.4) is 0 Å². The van der Waals surface area contributed by atoms with Gasteiger partial charge in [0.05, 0.1) is 0 Å². The van der Waals surface area contributed by atoms with Crippen molar-refractivity contribution in [3.8, 4) is 0 Å². The molecule has 3 aromatic carbocycles. The molecular formula is C36H33Cl2Zr-. The monoisotopic (exact) mass is 625 g/mol. The zero-order valence-corrected chi connectivity index (χ0v) is 26.9. The van der Waals surface area contributed by atoms with Crippen molar-refractivity contribution in [1.29, 1.82) is 0 Å². The van der Waals surface area contributed by atoms with Crippen LogP contribution in [0.15, 0.2) is 126 Å². The molecule has 0 saturated carbocycles. The molecule has 39 heavy (non-hydrogen) atoms. The van der Waals surface area contributed by atoms with Crippen molar-refractivity contribution < 1.29 is 49.0 Å². The van der Waals surface area contributed by atoms with Crippen molar-refractivity contribution in [2.75, 3.05) is 0 Å². The average molecular weight is 628 g/mol. The molecule has 0 aliphatic heterocycles. The fraction of sp³-hybridized carbons (Fsp3) is 0.194. The van der Waals surface area contributed by atoms with Crippen LogP contribution in [0.25, 0.3) is 11.6 Å². The molecule has 1 atom stereocenters. The predicted octanol–water partition coefficient (Wildman–Crippen LogP) is 1.04. The van der Waals surface area contributed by atoms with Gasteiger partial charge in [-0.05, 0) is 24.7 Å². The van der Waals surface area contributed by atoms with Crippen LogP contribution in [0.5, 0.6) is 0 Å². The zero-order valence-electron chi connectivity index (χ0n) is 22.9. The summed E-state index contributed by atoms with van der Waals surface area (Å²) < 4.78 is 1.42. The Hall–Kier alpha value is -2.31. The zero-order chi connectivity index (χ0) is 26.0. The number of halogens is 2. The minimum absolute atomic E-state index is 0. The quantitative estimate of drug-likeness (QED) is 0.380. The van der Waals surface area contributed by atoms with Gasteiger partial charge in [0.15, 0.2) is 0 Å². The summed E-state index contributed by atoms with van der Waals surface area (Å²) >= 11 is 1.46. The van der Waals surface area contributed by atoms with Gasteiger partial charge in [-0.1, -0.05) is 80.0 Å². The Labute approximate surface area is 260 Å². The fourth-order valence-electron chi connectivity index (χ4n) is 5.31. The molecule has 3 aliphatic rings. The summed E-state index contributed by atoms with van der Waals surface area (Å²) in [6.07, 6.45) is 16.3. The van der Waals surface area contributed by atoms with E-state index in [1.54, 1.807) is 0 Å². The van der Waals surface area contributed by atoms with Gasteiger partial charge in [-0.15, -0.1) is 33.7 Å². The van der Waals surface area contributed by atoms with E-state index in [2.05, 4.69) is 143 Å². The summed E-state index contributed by atoms with van der Waals surface area (Å²) in [5, 5.41) is 2.58. The molecule has 0 saturated heterocycles. The Morgan fingerprint density at radius 1 is 0.897 bits per heavy atom. The first kappa shape index (κ1) is 31.2. The molecule has 3 aliphatic carbocycles. The molecule has 6 rings (SSSR count). The van der Waals surface area contributed by atoms with Crippen LogP contribution in [0, 0.1) is 18.3 Å². The molecule has 0 spiro atoms. The van der Waals surface area contributed by atoms with Crippen molar-refractivity contribution in [3.63, 3.8) is 0 Å². The normalized spacial score (nSPS) is 18.2. The number of hydrogen-bond acceptors (Lipinski definition) is 0. The van der Waals surface area contributed by atoms with Crippen LogP contribution in [0.1, 0.15) is 43.9 Å². The van der Waals surface area contributed by atoms with Gasteiger partial charge in [0.25, 0.3) is 0 Å². The van der Waals surface area contributed by atoms with Crippen molar-refractivity contribution >= 4 is 14.9 Å². The maximum atomic E-state index is 3.74. The first-order valence-corrected chi connectivity index (χ1v) is 14.4. The number of benzene rings is 3. The molecule has 0 amide bonds. The molecule has 0 radical (unpaired) electrons. The Bertz CT molecular complexity index is 1550. The van der Waals surface area contributed by atoms with E-state index >= 15 is 0 Å². The number of hydrogen-bond donors (Lipinski definition) is 0. The predicted molar refractivity (Wildman–Crippen MR) is 154 cm³/mol. The van der Waals surface area contributed by atoms with E-state index in [4.69, 9.17) is 0 Å². The summed E-state index contributed by atoms with van der Waals surface area (Å²) in [6, 6.07) is 27.8. The van der Waals surface area contributed by atoms with Crippen LogP contribution in [0.2, 0.25) is 0 Å². The first-order chi connectivity index (χ1) is 17.9. The molecule has 196 valence electrons. The molecule has 3 heteroatoms. The molecule has 1 unspecified atom stereocenters. The second-order valence-corrected chi connectivity index (χ2v) is 11.8. The van der Waals surface area contributed by atoms with Crippen LogP contribution >= 0.6 is 0 Å². The molecular weight excluding hydrogens is 595 g/mol. The Morgan fingerprint density at radius 2 is 1.51 bits per heavy atom. The SMILES string of the molecule is Cc1ccc2c(c1)=[C-]C1=C(C3=CC=CC3)C(C)(C(C)C)C=CC=21.[Cl-].[Cl-].[Zr+2]=[C](c1ccccc1)c1ccccc1. The van der Waals surface area contributed by atoms with Gasteiger partial charge in [0, 0.05) is 0 Å². The molecule has 0 N–H and O–H groups in total. The average Bonchev–Trinajstić information content (AvgIpc) is 3.57. The number of aryl methyl sites for hydroxylation is 1. The third kappa shape index (κ3) is 6.38. The summed E-state index contributed by atoms with van der Waals surface area (Å²) in [5.41, 5.74) is 9.63. The van der Waals surface area contributed by atoms with E-state index in [9.17, 15) is 0 Å². The van der Waals surface area contributed by atoms with Crippen molar-refractivity contribution in [2.24, 2.45) is 11.3 Å². The second kappa shape index (κ2) is 13.4. The molecule has 0 fully saturated rings. The Balaban J connectivity index is 0.000000228. The van der Waals surface area contributed by atoms with Gasteiger partial charge >= 0.3 is 99.2 Å². The molecule has 0 nitrogen and oxygen atoms in total. The maximum absolute atomic E-state index is 3.74. The third-order valence-electron chi connectivity index (χ3n) is 7.80. The van der Waals surface area contributed by atoms with E-state index in [0.29, 0.717) is 5.92 Å². The third-order valence-corrected chi connectivity index (χ3v) is 9.21. The van der Waals surface area contributed by atoms with Gasteiger partial charge in [0.2, 0.25) is 0 Å². The van der Waals surface area contributed by atoms with Crippen LogP contribution < -0.4 is 35.3 Å².